The van der Waals surface area contributed by atoms with E-state index in [1.807, 2.05) is 0 Å². The Hall–Kier alpha value is -0.610. The number of amides is 1. The van der Waals surface area contributed by atoms with Gasteiger partial charge in [0.05, 0.1) is 12.1 Å². The van der Waals surface area contributed by atoms with Gasteiger partial charge >= 0.3 is 0 Å². The van der Waals surface area contributed by atoms with Gasteiger partial charge in [0.25, 0.3) is 0 Å². The maximum atomic E-state index is 11.7. The Bertz CT molecular complexity index is 239. The number of aliphatic hydroxyl groups is 1. The molecule has 0 spiro atoms. The Morgan fingerprint density at radius 3 is 2.88 bits per heavy atom. The Morgan fingerprint density at radius 1 is 1.31 bits per heavy atom. The largest absolute Gasteiger partial charge is 0.393 e. The van der Waals surface area contributed by atoms with Gasteiger partial charge in [0.2, 0.25) is 5.91 Å². The summed E-state index contributed by atoms with van der Waals surface area (Å²) < 4.78 is 0. The molecule has 3 atom stereocenters. The monoisotopic (exact) mass is 226 g/mol. The van der Waals surface area contributed by atoms with Gasteiger partial charge in [-0.15, -0.1) is 0 Å². The molecule has 1 aliphatic heterocycles. The maximum Gasteiger partial charge on any atom is 0.237 e. The van der Waals surface area contributed by atoms with Crippen LogP contribution in [0.15, 0.2) is 0 Å². The number of rotatable bonds is 3. The number of hydrogen-bond acceptors (Lipinski definition) is 3. The smallest absolute Gasteiger partial charge is 0.237 e. The van der Waals surface area contributed by atoms with Crippen LogP contribution in [0.25, 0.3) is 0 Å². The normalized spacial score (nSPS) is 34.9. The van der Waals surface area contributed by atoms with Crippen LogP contribution in [0.5, 0.6) is 0 Å². The lowest BCUT2D eigenvalue weighted by molar-refractivity contribution is -0.123. The lowest BCUT2D eigenvalue weighted by Crippen LogP contribution is -2.43. The van der Waals surface area contributed by atoms with Crippen LogP contribution in [-0.4, -0.2) is 36.2 Å². The summed E-state index contributed by atoms with van der Waals surface area (Å²) in [5.74, 6) is 0.603. The Labute approximate surface area is 96.8 Å². The van der Waals surface area contributed by atoms with E-state index in [-0.39, 0.29) is 18.1 Å². The number of aliphatic hydroxyl groups excluding tert-OH is 1. The number of nitrogens with one attached hydrogen (secondary N) is 2. The summed E-state index contributed by atoms with van der Waals surface area (Å²) in [6, 6.07) is 0.0218. The third-order valence-corrected chi connectivity index (χ3v) is 3.70. The summed E-state index contributed by atoms with van der Waals surface area (Å²) >= 11 is 0. The zero-order chi connectivity index (χ0) is 11.4. The topological polar surface area (TPSA) is 61.4 Å². The molecular weight excluding hydrogens is 204 g/mol. The summed E-state index contributed by atoms with van der Waals surface area (Å²) in [6.07, 6.45) is 5.89. The van der Waals surface area contributed by atoms with Gasteiger partial charge in [0.15, 0.2) is 0 Å². The second-order valence-electron chi connectivity index (χ2n) is 5.08. The molecule has 92 valence electrons. The van der Waals surface area contributed by atoms with Crippen molar-refractivity contribution in [1.82, 2.24) is 10.6 Å². The highest BCUT2D eigenvalue weighted by molar-refractivity contribution is 5.81. The third-order valence-electron chi connectivity index (χ3n) is 3.70. The van der Waals surface area contributed by atoms with Crippen molar-refractivity contribution < 1.29 is 9.90 Å². The van der Waals surface area contributed by atoms with E-state index in [0.29, 0.717) is 5.92 Å². The molecular formula is C12H22N2O2. The fourth-order valence-electron chi connectivity index (χ4n) is 2.72. The summed E-state index contributed by atoms with van der Waals surface area (Å²) in [5.41, 5.74) is 0. The van der Waals surface area contributed by atoms with Crippen LogP contribution in [-0.2, 0) is 4.79 Å². The first-order chi connectivity index (χ1) is 7.75. The second kappa shape index (κ2) is 5.64. The molecule has 0 aromatic carbocycles. The van der Waals surface area contributed by atoms with E-state index < -0.39 is 0 Å². The summed E-state index contributed by atoms with van der Waals surface area (Å²) in [5, 5.41) is 15.7. The van der Waals surface area contributed by atoms with Crippen LogP contribution < -0.4 is 10.6 Å². The average Bonchev–Trinajstić information content (AvgIpc) is 2.79. The SMILES string of the molecule is O=C(NCC1CCCC(O)C1)[C@@H]1CCCN1. The van der Waals surface area contributed by atoms with Crippen molar-refractivity contribution in [1.29, 1.82) is 0 Å². The molecule has 1 heterocycles. The molecule has 4 nitrogen and oxygen atoms in total. The van der Waals surface area contributed by atoms with Crippen molar-refractivity contribution in [2.45, 2.75) is 50.7 Å². The molecule has 0 aromatic heterocycles. The minimum atomic E-state index is -0.153. The summed E-state index contributed by atoms with van der Waals surface area (Å²) in [4.78, 5) is 11.7. The number of carbonyl (C=O) groups is 1. The van der Waals surface area contributed by atoms with Gasteiger partial charge in [0.1, 0.15) is 0 Å². The lowest BCUT2D eigenvalue weighted by atomic mass is 9.87. The van der Waals surface area contributed by atoms with E-state index in [4.69, 9.17) is 0 Å². The van der Waals surface area contributed by atoms with E-state index >= 15 is 0 Å². The molecule has 1 saturated heterocycles. The van der Waals surface area contributed by atoms with Crippen LogP contribution in [0.2, 0.25) is 0 Å². The van der Waals surface area contributed by atoms with Crippen molar-refractivity contribution in [3.05, 3.63) is 0 Å². The minimum absolute atomic E-state index is 0.0218. The van der Waals surface area contributed by atoms with Crippen molar-refractivity contribution in [3.8, 4) is 0 Å². The number of hydrogen-bond donors (Lipinski definition) is 3. The lowest BCUT2D eigenvalue weighted by Gasteiger charge is -2.26. The fraction of sp³-hybridized carbons (Fsp3) is 0.917. The van der Waals surface area contributed by atoms with Gasteiger partial charge < -0.3 is 15.7 Å². The van der Waals surface area contributed by atoms with Gasteiger partial charge in [-0.05, 0) is 44.6 Å². The Morgan fingerprint density at radius 2 is 2.19 bits per heavy atom. The zero-order valence-corrected chi connectivity index (χ0v) is 9.74. The summed E-state index contributed by atoms with van der Waals surface area (Å²) in [6.45, 7) is 1.69. The third kappa shape index (κ3) is 3.19. The van der Waals surface area contributed by atoms with Crippen LogP contribution in [0.1, 0.15) is 38.5 Å². The van der Waals surface area contributed by atoms with Crippen molar-refractivity contribution in [2.75, 3.05) is 13.1 Å². The van der Waals surface area contributed by atoms with Crippen molar-refractivity contribution in [3.63, 3.8) is 0 Å². The zero-order valence-electron chi connectivity index (χ0n) is 9.74. The predicted molar refractivity (Wildman–Crippen MR) is 62.0 cm³/mol. The van der Waals surface area contributed by atoms with E-state index in [1.165, 1.54) is 0 Å². The standard InChI is InChI=1S/C12H22N2O2/c15-10-4-1-3-9(7-10)8-14-12(16)11-5-2-6-13-11/h9-11,13,15H,1-8H2,(H,14,16)/t9?,10?,11-/m0/s1. The van der Waals surface area contributed by atoms with Crippen LogP contribution >= 0.6 is 0 Å². The Balaban J connectivity index is 1.67. The average molecular weight is 226 g/mol. The minimum Gasteiger partial charge on any atom is -0.393 e. The van der Waals surface area contributed by atoms with Gasteiger partial charge in [-0.1, -0.05) is 6.42 Å². The van der Waals surface area contributed by atoms with Crippen molar-refractivity contribution in [2.24, 2.45) is 5.92 Å². The Kier molecular flexibility index (Phi) is 4.18. The molecule has 0 aromatic rings. The first kappa shape index (κ1) is 11.9. The number of carbonyl (C=O) groups excluding carboxylic acids is 1. The predicted octanol–water partition coefficient (Wildman–Crippen LogP) is 0.406. The summed E-state index contributed by atoms with van der Waals surface area (Å²) in [7, 11) is 0. The quantitative estimate of drug-likeness (QED) is 0.653. The van der Waals surface area contributed by atoms with Gasteiger partial charge in [-0.3, -0.25) is 4.79 Å². The molecule has 2 rings (SSSR count). The fourth-order valence-corrected chi connectivity index (χ4v) is 2.72. The molecule has 2 aliphatic rings. The molecule has 16 heavy (non-hydrogen) atoms. The van der Waals surface area contributed by atoms with Crippen LogP contribution in [0, 0.1) is 5.92 Å². The van der Waals surface area contributed by atoms with Crippen LogP contribution in [0.4, 0.5) is 0 Å². The van der Waals surface area contributed by atoms with Gasteiger partial charge in [-0.25, -0.2) is 0 Å². The molecule has 1 aliphatic carbocycles. The molecule has 2 fully saturated rings. The van der Waals surface area contributed by atoms with Gasteiger partial charge in [-0.2, -0.15) is 0 Å². The molecule has 0 radical (unpaired) electrons. The highest BCUT2D eigenvalue weighted by atomic mass is 16.3. The van der Waals surface area contributed by atoms with Crippen LogP contribution in [0.3, 0.4) is 0 Å². The first-order valence-electron chi connectivity index (χ1n) is 6.45. The van der Waals surface area contributed by atoms with Crippen molar-refractivity contribution >= 4 is 5.91 Å². The highest BCUT2D eigenvalue weighted by Gasteiger charge is 2.24. The maximum absolute atomic E-state index is 11.7. The molecule has 4 heteroatoms. The van der Waals surface area contributed by atoms with Gasteiger partial charge in [0, 0.05) is 6.54 Å². The van der Waals surface area contributed by atoms with E-state index in [9.17, 15) is 9.90 Å². The first-order valence-corrected chi connectivity index (χ1v) is 6.45. The molecule has 3 N–H and O–H groups in total. The van der Waals surface area contributed by atoms with E-state index in [0.717, 1.165) is 51.6 Å². The molecule has 0 bridgehead atoms. The van der Waals surface area contributed by atoms with E-state index in [1.54, 1.807) is 0 Å². The molecule has 1 amide bonds. The molecule has 1 saturated carbocycles. The van der Waals surface area contributed by atoms with E-state index in [2.05, 4.69) is 10.6 Å². The molecule has 2 unspecified atom stereocenters. The highest BCUT2D eigenvalue weighted by Crippen LogP contribution is 2.23. The second-order valence-corrected chi connectivity index (χ2v) is 5.08.